The fraction of sp³-hybridized carbons (Fsp3) is 0.333. The van der Waals surface area contributed by atoms with Crippen LogP contribution in [0.5, 0.6) is 5.75 Å². The Hall–Kier alpha value is -3.52. The molecule has 1 fully saturated rings. The van der Waals surface area contributed by atoms with Gasteiger partial charge in [0.25, 0.3) is 5.56 Å². The first-order valence-electron chi connectivity index (χ1n) is 10.7. The summed E-state index contributed by atoms with van der Waals surface area (Å²) < 4.78 is 8.80. The monoisotopic (exact) mass is 435 g/mol. The molecular weight excluding hydrogens is 406 g/mol. The van der Waals surface area contributed by atoms with E-state index < -0.39 is 0 Å². The Morgan fingerprint density at radius 2 is 1.66 bits per heavy atom. The molecule has 1 amide bonds. The molecular formula is C24H29N5O3. The highest BCUT2D eigenvalue weighted by Crippen LogP contribution is 2.28. The summed E-state index contributed by atoms with van der Waals surface area (Å²) in [4.78, 5) is 30.1. The van der Waals surface area contributed by atoms with Crippen LogP contribution in [0.3, 0.4) is 0 Å². The van der Waals surface area contributed by atoms with E-state index in [2.05, 4.69) is 21.2 Å². The lowest BCUT2D eigenvalue weighted by atomic mass is 10.2. The number of rotatable bonds is 6. The fourth-order valence-electron chi connectivity index (χ4n) is 4.13. The summed E-state index contributed by atoms with van der Waals surface area (Å²) in [6, 6.07) is 17.4. The molecule has 168 valence electrons. The molecule has 1 aromatic heterocycles. The van der Waals surface area contributed by atoms with E-state index in [9.17, 15) is 9.59 Å². The van der Waals surface area contributed by atoms with Crippen LogP contribution in [-0.4, -0.2) is 60.0 Å². The number of hydrogen-bond acceptors (Lipinski definition) is 5. The number of anilines is 2. The second-order valence-electron chi connectivity index (χ2n) is 7.92. The van der Waals surface area contributed by atoms with Gasteiger partial charge in [-0.2, -0.15) is 0 Å². The number of carbonyl (C=O) groups excluding carboxylic acids is 1. The smallest absolute Gasteiger partial charge is 0.295 e. The molecule has 0 bridgehead atoms. The van der Waals surface area contributed by atoms with Gasteiger partial charge >= 0.3 is 0 Å². The number of benzene rings is 2. The lowest BCUT2D eigenvalue weighted by molar-refractivity contribution is -0.117. The highest BCUT2D eigenvalue weighted by Gasteiger charge is 2.23. The van der Waals surface area contributed by atoms with Crippen molar-refractivity contribution in [2.45, 2.75) is 6.92 Å². The van der Waals surface area contributed by atoms with E-state index >= 15 is 0 Å². The van der Waals surface area contributed by atoms with Crippen LogP contribution < -0.4 is 20.5 Å². The number of para-hydroxylation sites is 3. The number of piperazine rings is 1. The predicted molar refractivity (Wildman–Crippen MR) is 126 cm³/mol. The topological polar surface area (TPSA) is 71.7 Å². The number of hydrogen-bond donors (Lipinski definition) is 1. The molecule has 1 N–H and O–H groups in total. The first-order chi connectivity index (χ1) is 15.5. The van der Waals surface area contributed by atoms with E-state index in [1.807, 2.05) is 62.5 Å². The number of methoxy groups -OCH3 is 1. The molecule has 1 aliphatic rings. The third-order valence-corrected chi connectivity index (χ3v) is 5.98. The molecule has 0 unspecified atom stereocenters. The molecule has 8 heteroatoms. The molecule has 0 saturated carbocycles. The SMILES string of the molecule is COc1ccccc1N1CCN(CC(=O)Nc2c(C)n(C)n(-c3ccccc3)c2=O)CC1. The molecule has 0 radical (unpaired) electrons. The zero-order valence-corrected chi connectivity index (χ0v) is 18.7. The lowest BCUT2D eigenvalue weighted by Crippen LogP contribution is -2.48. The van der Waals surface area contributed by atoms with Crippen molar-refractivity contribution in [1.82, 2.24) is 14.3 Å². The van der Waals surface area contributed by atoms with Gasteiger partial charge in [-0.05, 0) is 31.2 Å². The summed E-state index contributed by atoms with van der Waals surface area (Å²) in [5.74, 6) is 0.676. The van der Waals surface area contributed by atoms with E-state index in [1.165, 1.54) is 0 Å². The molecule has 2 heterocycles. The largest absolute Gasteiger partial charge is 0.495 e. The van der Waals surface area contributed by atoms with Crippen molar-refractivity contribution in [3.8, 4) is 11.4 Å². The average molecular weight is 436 g/mol. The summed E-state index contributed by atoms with van der Waals surface area (Å²) in [6.45, 7) is 5.21. The van der Waals surface area contributed by atoms with Crippen LogP contribution in [0, 0.1) is 6.92 Å². The van der Waals surface area contributed by atoms with Crippen LogP contribution in [0.25, 0.3) is 5.69 Å². The van der Waals surface area contributed by atoms with Crippen molar-refractivity contribution in [2.75, 3.05) is 50.1 Å². The fourth-order valence-corrected chi connectivity index (χ4v) is 4.13. The van der Waals surface area contributed by atoms with Gasteiger partial charge in [0.05, 0.1) is 30.7 Å². The minimum atomic E-state index is -0.231. The molecule has 8 nitrogen and oxygen atoms in total. The first kappa shape index (κ1) is 21.7. The molecule has 0 spiro atoms. The predicted octanol–water partition coefficient (Wildman–Crippen LogP) is 2.25. The summed E-state index contributed by atoms with van der Waals surface area (Å²) >= 11 is 0. The minimum Gasteiger partial charge on any atom is -0.495 e. The molecule has 2 aromatic carbocycles. The molecule has 32 heavy (non-hydrogen) atoms. The summed E-state index contributed by atoms with van der Waals surface area (Å²) in [5, 5.41) is 2.85. The van der Waals surface area contributed by atoms with Gasteiger partial charge < -0.3 is 15.0 Å². The number of carbonyl (C=O) groups is 1. The molecule has 3 aromatic rings. The lowest BCUT2D eigenvalue weighted by Gasteiger charge is -2.36. The number of nitrogens with zero attached hydrogens (tertiary/aromatic N) is 4. The maximum atomic E-state index is 13.0. The zero-order chi connectivity index (χ0) is 22.7. The van der Waals surface area contributed by atoms with Gasteiger partial charge in [0.2, 0.25) is 5.91 Å². The van der Waals surface area contributed by atoms with Crippen molar-refractivity contribution in [3.63, 3.8) is 0 Å². The first-order valence-corrected chi connectivity index (χ1v) is 10.7. The molecule has 0 aliphatic carbocycles. The summed E-state index contributed by atoms with van der Waals surface area (Å²) in [5.41, 5.74) is 2.64. The van der Waals surface area contributed by atoms with Gasteiger partial charge in [-0.25, -0.2) is 4.68 Å². The van der Waals surface area contributed by atoms with Gasteiger partial charge in [0.15, 0.2) is 0 Å². The van der Waals surface area contributed by atoms with Crippen molar-refractivity contribution < 1.29 is 9.53 Å². The molecule has 1 aliphatic heterocycles. The number of aromatic nitrogens is 2. The molecule has 0 atom stereocenters. The zero-order valence-electron chi connectivity index (χ0n) is 18.7. The average Bonchev–Trinajstić information content (AvgIpc) is 3.03. The Kier molecular flexibility index (Phi) is 6.32. The Balaban J connectivity index is 1.40. The van der Waals surface area contributed by atoms with Crippen LogP contribution in [0.2, 0.25) is 0 Å². The number of ether oxygens (including phenoxy) is 1. The Morgan fingerprint density at radius 3 is 2.34 bits per heavy atom. The quantitative estimate of drug-likeness (QED) is 0.643. The third-order valence-electron chi connectivity index (χ3n) is 5.98. The summed E-state index contributed by atoms with van der Waals surface area (Å²) in [6.07, 6.45) is 0. The Bertz CT molecular complexity index is 1140. The maximum absolute atomic E-state index is 13.0. The van der Waals surface area contributed by atoms with E-state index in [4.69, 9.17) is 4.74 Å². The van der Waals surface area contributed by atoms with Crippen molar-refractivity contribution in [3.05, 3.63) is 70.6 Å². The van der Waals surface area contributed by atoms with Gasteiger partial charge in [-0.1, -0.05) is 30.3 Å². The second kappa shape index (κ2) is 9.32. The van der Waals surface area contributed by atoms with Crippen molar-refractivity contribution in [2.24, 2.45) is 7.05 Å². The maximum Gasteiger partial charge on any atom is 0.295 e. The Labute approximate surface area is 187 Å². The molecule has 4 rings (SSSR count). The van der Waals surface area contributed by atoms with Crippen molar-refractivity contribution >= 4 is 17.3 Å². The second-order valence-corrected chi connectivity index (χ2v) is 7.92. The highest BCUT2D eigenvalue weighted by molar-refractivity contribution is 5.92. The standard InChI is InChI=1S/C24H29N5O3/c1-18-23(24(31)29(26(18)2)19-9-5-4-6-10-19)25-22(30)17-27-13-15-28(16-14-27)20-11-7-8-12-21(20)32-3/h4-12H,13-17H2,1-3H3,(H,25,30). The van der Waals surface area contributed by atoms with Gasteiger partial charge in [-0.15, -0.1) is 0 Å². The van der Waals surface area contributed by atoms with Gasteiger partial charge in [0, 0.05) is 33.2 Å². The van der Waals surface area contributed by atoms with Crippen LogP contribution in [0.15, 0.2) is 59.4 Å². The van der Waals surface area contributed by atoms with Gasteiger partial charge in [0.1, 0.15) is 11.4 Å². The van der Waals surface area contributed by atoms with Crippen LogP contribution in [-0.2, 0) is 11.8 Å². The van der Waals surface area contributed by atoms with E-state index in [0.29, 0.717) is 11.4 Å². The third kappa shape index (κ3) is 4.27. The van der Waals surface area contributed by atoms with E-state index in [0.717, 1.165) is 43.3 Å². The highest BCUT2D eigenvalue weighted by atomic mass is 16.5. The van der Waals surface area contributed by atoms with Crippen molar-refractivity contribution in [1.29, 1.82) is 0 Å². The number of amides is 1. The molecule has 1 saturated heterocycles. The normalized spacial score (nSPS) is 14.4. The van der Waals surface area contributed by atoms with E-state index in [1.54, 1.807) is 16.5 Å². The van der Waals surface area contributed by atoms with Gasteiger partial charge in [-0.3, -0.25) is 19.2 Å². The number of nitrogens with one attached hydrogen (secondary N) is 1. The van der Waals surface area contributed by atoms with Crippen LogP contribution in [0.1, 0.15) is 5.69 Å². The Morgan fingerprint density at radius 1 is 1.00 bits per heavy atom. The minimum absolute atomic E-state index is 0.179. The van der Waals surface area contributed by atoms with Crippen LogP contribution in [0.4, 0.5) is 11.4 Å². The summed E-state index contributed by atoms with van der Waals surface area (Å²) in [7, 11) is 3.49. The van der Waals surface area contributed by atoms with E-state index in [-0.39, 0.29) is 18.0 Å². The van der Waals surface area contributed by atoms with Crippen LogP contribution >= 0.6 is 0 Å².